The first kappa shape index (κ1) is 14.2. The summed E-state index contributed by atoms with van der Waals surface area (Å²) < 4.78 is 19.4. The van der Waals surface area contributed by atoms with Crippen molar-refractivity contribution in [3.05, 3.63) is 0 Å². The van der Waals surface area contributed by atoms with Crippen LogP contribution in [0.1, 0.15) is 40.5 Å². The fraction of sp³-hybridized carbons (Fsp3) is 0.917. The summed E-state index contributed by atoms with van der Waals surface area (Å²) in [6.07, 6.45) is 0.288. The van der Waals surface area contributed by atoms with Crippen molar-refractivity contribution in [2.24, 2.45) is 0 Å². The van der Waals surface area contributed by atoms with Crippen LogP contribution in [0, 0.1) is 0 Å². The highest BCUT2D eigenvalue weighted by molar-refractivity contribution is 5.67. The fourth-order valence-corrected chi connectivity index (χ4v) is 1.97. The highest BCUT2D eigenvalue weighted by atomic mass is 19.1. The summed E-state index contributed by atoms with van der Waals surface area (Å²) in [5, 5.41) is 5.69. The Kier molecular flexibility index (Phi) is 4.36. The van der Waals surface area contributed by atoms with Gasteiger partial charge < -0.3 is 15.4 Å². The van der Waals surface area contributed by atoms with Crippen molar-refractivity contribution in [2.45, 2.75) is 57.8 Å². The quantitative estimate of drug-likeness (QED) is 0.783. The molecule has 5 heteroatoms. The molecule has 0 aromatic carbocycles. The molecule has 0 aliphatic carbocycles. The molecular weight excluding hydrogens is 223 g/mol. The standard InChI is InChI=1S/C12H23FN2O2/c1-9-7-12(13,5-6-14-9)8-15-10(16)17-11(2,3)4/h9,14H,5-8H2,1-4H3,(H,15,16)/t9-,12?/m1/s1. The van der Waals surface area contributed by atoms with Gasteiger partial charge in [0.2, 0.25) is 0 Å². The van der Waals surface area contributed by atoms with Gasteiger partial charge in [-0.25, -0.2) is 9.18 Å². The van der Waals surface area contributed by atoms with Gasteiger partial charge in [0, 0.05) is 6.04 Å². The minimum Gasteiger partial charge on any atom is -0.444 e. The summed E-state index contributed by atoms with van der Waals surface area (Å²) in [6, 6.07) is 0.147. The van der Waals surface area contributed by atoms with Gasteiger partial charge in [0.05, 0.1) is 6.54 Å². The first-order valence-corrected chi connectivity index (χ1v) is 6.09. The number of rotatable bonds is 2. The van der Waals surface area contributed by atoms with E-state index >= 15 is 0 Å². The molecule has 17 heavy (non-hydrogen) atoms. The van der Waals surface area contributed by atoms with Crippen LogP contribution in [0.4, 0.5) is 9.18 Å². The summed E-state index contributed by atoms with van der Waals surface area (Å²) in [4.78, 5) is 11.4. The van der Waals surface area contributed by atoms with E-state index in [-0.39, 0.29) is 12.6 Å². The lowest BCUT2D eigenvalue weighted by Crippen LogP contribution is -2.50. The van der Waals surface area contributed by atoms with Crippen LogP contribution in [-0.2, 0) is 4.74 Å². The molecule has 1 heterocycles. The van der Waals surface area contributed by atoms with Gasteiger partial charge >= 0.3 is 6.09 Å². The zero-order chi connectivity index (χ0) is 13.1. The molecule has 0 bridgehead atoms. The molecule has 0 radical (unpaired) electrons. The average Bonchev–Trinajstić information content (AvgIpc) is 2.12. The Morgan fingerprint density at radius 2 is 2.24 bits per heavy atom. The molecule has 100 valence electrons. The molecule has 2 N–H and O–H groups in total. The maximum atomic E-state index is 14.3. The summed E-state index contributed by atoms with van der Waals surface area (Å²) >= 11 is 0. The van der Waals surface area contributed by atoms with Gasteiger partial charge in [0.25, 0.3) is 0 Å². The third-order valence-corrected chi connectivity index (χ3v) is 2.69. The topological polar surface area (TPSA) is 50.4 Å². The molecule has 0 spiro atoms. The van der Waals surface area contributed by atoms with E-state index < -0.39 is 17.4 Å². The van der Waals surface area contributed by atoms with Crippen molar-refractivity contribution < 1.29 is 13.9 Å². The summed E-state index contributed by atoms with van der Waals surface area (Å²) in [5.74, 6) is 0. The van der Waals surface area contributed by atoms with Gasteiger partial charge in [0.15, 0.2) is 0 Å². The minimum atomic E-state index is -1.32. The smallest absolute Gasteiger partial charge is 0.407 e. The second-order valence-corrected chi connectivity index (χ2v) is 5.82. The van der Waals surface area contributed by atoms with Crippen LogP contribution in [0.3, 0.4) is 0 Å². The SMILES string of the molecule is C[C@@H]1CC(F)(CNC(=O)OC(C)(C)C)CCN1. The van der Waals surface area contributed by atoms with E-state index in [4.69, 9.17) is 4.74 Å². The number of amides is 1. The van der Waals surface area contributed by atoms with Gasteiger partial charge in [-0.05, 0) is 47.1 Å². The van der Waals surface area contributed by atoms with Crippen molar-refractivity contribution in [1.29, 1.82) is 0 Å². The molecule has 1 aliphatic rings. The van der Waals surface area contributed by atoms with Gasteiger partial charge in [-0.15, -0.1) is 0 Å². The molecule has 1 unspecified atom stereocenters. The minimum absolute atomic E-state index is 0.0218. The number of ether oxygens (including phenoxy) is 1. The number of hydrogen-bond acceptors (Lipinski definition) is 3. The van der Waals surface area contributed by atoms with E-state index in [0.717, 1.165) is 0 Å². The molecule has 2 atom stereocenters. The summed E-state index contributed by atoms with van der Waals surface area (Å²) in [7, 11) is 0. The number of nitrogens with one attached hydrogen (secondary N) is 2. The van der Waals surface area contributed by atoms with E-state index in [1.165, 1.54) is 0 Å². The van der Waals surface area contributed by atoms with E-state index in [1.54, 1.807) is 20.8 Å². The monoisotopic (exact) mass is 246 g/mol. The lowest BCUT2D eigenvalue weighted by molar-refractivity contribution is 0.0424. The summed E-state index contributed by atoms with van der Waals surface area (Å²) in [6.45, 7) is 7.96. The summed E-state index contributed by atoms with van der Waals surface area (Å²) in [5.41, 5.74) is -1.86. The van der Waals surface area contributed by atoms with Crippen LogP contribution in [-0.4, -0.2) is 36.5 Å². The van der Waals surface area contributed by atoms with E-state index in [0.29, 0.717) is 19.4 Å². The fourth-order valence-electron chi connectivity index (χ4n) is 1.97. The van der Waals surface area contributed by atoms with Crippen molar-refractivity contribution in [1.82, 2.24) is 10.6 Å². The molecule has 1 aliphatic heterocycles. The second kappa shape index (κ2) is 5.21. The number of halogens is 1. The van der Waals surface area contributed by atoms with Crippen LogP contribution in [0.25, 0.3) is 0 Å². The van der Waals surface area contributed by atoms with Crippen LogP contribution >= 0.6 is 0 Å². The second-order valence-electron chi connectivity index (χ2n) is 5.82. The van der Waals surface area contributed by atoms with Crippen molar-refractivity contribution in [2.75, 3.05) is 13.1 Å². The lowest BCUT2D eigenvalue weighted by atomic mass is 9.90. The van der Waals surface area contributed by atoms with Crippen molar-refractivity contribution in [3.63, 3.8) is 0 Å². The first-order chi connectivity index (χ1) is 7.70. The molecule has 1 amide bonds. The number of carbonyl (C=O) groups is 1. The van der Waals surface area contributed by atoms with Crippen LogP contribution < -0.4 is 10.6 Å². The van der Waals surface area contributed by atoms with Gasteiger partial charge in [-0.3, -0.25) is 0 Å². The maximum absolute atomic E-state index is 14.3. The van der Waals surface area contributed by atoms with Crippen LogP contribution in [0.2, 0.25) is 0 Å². The largest absolute Gasteiger partial charge is 0.444 e. The Hall–Kier alpha value is -0.840. The number of alkyl carbamates (subject to hydrolysis) is 1. The molecular formula is C12H23FN2O2. The van der Waals surface area contributed by atoms with Crippen LogP contribution in [0.15, 0.2) is 0 Å². The van der Waals surface area contributed by atoms with E-state index in [2.05, 4.69) is 10.6 Å². The molecule has 0 saturated carbocycles. The van der Waals surface area contributed by atoms with E-state index in [9.17, 15) is 9.18 Å². The third kappa shape index (κ3) is 5.35. The number of piperidine rings is 1. The van der Waals surface area contributed by atoms with Crippen molar-refractivity contribution >= 4 is 6.09 Å². The van der Waals surface area contributed by atoms with Gasteiger partial charge in [-0.2, -0.15) is 0 Å². The Bertz CT molecular complexity index is 278. The highest BCUT2D eigenvalue weighted by Crippen LogP contribution is 2.25. The molecule has 0 aromatic heterocycles. The molecule has 4 nitrogen and oxygen atoms in total. The van der Waals surface area contributed by atoms with Gasteiger partial charge in [0.1, 0.15) is 11.3 Å². The predicted molar refractivity (Wildman–Crippen MR) is 64.8 cm³/mol. The van der Waals surface area contributed by atoms with Crippen LogP contribution in [0.5, 0.6) is 0 Å². The Morgan fingerprint density at radius 3 is 2.76 bits per heavy atom. The Balaban J connectivity index is 2.36. The maximum Gasteiger partial charge on any atom is 0.407 e. The zero-order valence-electron chi connectivity index (χ0n) is 11.1. The lowest BCUT2D eigenvalue weighted by Gasteiger charge is -2.34. The first-order valence-electron chi connectivity index (χ1n) is 6.09. The Labute approximate surface area is 102 Å². The average molecular weight is 246 g/mol. The highest BCUT2D eigenvalue weighted by Gasteiger charge is 2.35. The van der Waals surface area contributed by atoms with Gasteiger partial charge in [-0.1, -0.05) is 0 Å². The third-order valence-electron chi connectivity index (χ3n) is 2.69. The molecule has 1 saturated heterocycles. The molecule has 0 aromatic rings. The number of hydrogen-bond donors (Lipinski definition) is 2. The molecule has 1 fully saturated rings. The predicted octanol–water partition coefficient (Wildman–Crippen LogP) is 1.99. The number of alkyl halides is 1. The Morgan fingerprint density at radius 1 is 1.59 bits per heavy atom. The zero-order valence-corrected chi connectivity index (χ0v) is 11.1. The normalized spacial score (nSPS) is 29.8. The molecule has 1 rings (SSSR count). The van der Waals surface area contributed by atoms with Crippen molar-refractivity contribution in [3.8, 4) is 0 Å². The number of carbonyl (C=O) groups excluding carboxylic acids is 1. The van der Waals surface area contributed by atoms with E-state index in [1.807, 2.05) is 6.92 Å².